The van der Waals surface area contributed by atoms with Crippen LogP contribution in [-0.4, -0.2) is 28.9 Å². The third kappa shape index (κ3) is 1.67. The second kappa shape index (κ2) is 3.95. The first-order valence-electron chi connectivity index (χ1n) is 4.22. The average molecular weight is 166 g/mol. The van der Waals surface area contributed by atoms with Crippen LogP contribution < -0.4 is 0 Å². The number of H-pyrrole nitrogens is 1. The number of nitrogens with one attached hydrogen (secondary N) is 1. The van der Waals surface area contributed by atoms with Crippen LogP contribution in [0.3, 0.4) is 0 Å². The van der Waals surface area contributed by atoms with Crippen molar-refractivity contribution in [1.29, 1.82) is 0 Å². The second-order valence-corrected chi connectivity index (χ2v) is 2.56. The monoisotopic (exact) mass is 166 g/mol. The minimum atomic E-state index is 0.0741. The third-order valence-corrected chi connectivity index (χ3v) is 1.88. The van der Waals surface area contributed by atoms with E-state index in [1.165, 1.54) is 0 Å². The maximum Gasteiger partial charge on any atom is 0.270 e. The Morgan fingerprint density at radius 3 is 2.58 bits per heavy atom. The maximum atomic E-state index is 11.6. The van der Waals surface area contributed by atoms with Crippen molar-refractivity contribution in [3.8, 4) is 0 Å². The van der Waals surface area contributed by atoms with Gasteiger partial charge in [-0.1, -0.05) is 0 Å². The molecule has 0 spiro atoms. The summed E-state index contributed by atoms with van der Waals surface area (Å²) in [5.74, 6) is 0.0741. The Morgan fingerprint density at radius 1 is 1.50 bits per heavy atom. The summed E-state index contributed by atoms with van der Waals surface area (Å²) in [5, 5.41) is 0. The molecule has 0 saturated carbocycles. The van der Waals surface area contributed by atoms with E-state index < -0.39 is 0 Å². The fourth-order valence-electron chi connectivity index (χ4n) is 1.14. The molecule has 1 N–H and O–H groups in total. The molecule has 1 rings (SSSR count). The van der Waals surface area contributed by atoms with E-state index in [0.717, 1.165) is 13.1 Å². The molecule has 66 valence electrons. The number of carbonyl (C=O) groups excluding carboxylic acids is 1. The lowest BCUT2D eigenvalue weighted by Crippen LogP contribution is -2.30. The van der Waals surface area contributed by atoms with E-state index in [0.29, 0.717) is 5.69 Å². The van der Waals surface area contributed by atoms with Gasteiger partial charge in [0.05, 0.1) is 0 Å². The van der Waals surface area contributed by atoms with Crippen LogP contribution in [0.4, 0.5) is 0 Å². The summed E-state index contributed by atoms with van der Waals surface area (Å²) in [6, 6.07) is 3.62. The number of carbonyl (C=O) groups is 1. The number of rotatable bonds is 3. The predicted molar refractivity (Wildman–Crippen MR) is 48.0 cm³/mol. The molecule has 1 heterocycles. The van der Waals surface area contributed by atoms with Crippen molar-refractivity contribution in [2.45, 2.75) is 13.8 Å². The SMILES string of the molecule is CCN(CC)C(=O)c1ccc[nH]1. The van der Waals surface area contributed by atoms with Gasteiger partial charge in [0.1, 0.15) is 5.69 Å². The summed E-state index contributed by atoms with van der Waals surface area (Å²) >= 11 is 0. The number of nitrogens with zero attached hydrogens (tertiary/aromatic N) is 1. The van der Waals surface area contributed by atoms with E-state index >= 15 is 0 Å². The zero-order valence-corrected chi connectivity index (χ0v) is 7.50. The molecular weight excluding hydrogens is 152 g/mol. The fourth-order valence-corrected chi connectivity index (χ4v) is 1.14. The highest BCUT2D eigenvalue weighted by Crippen LogP contribution is 2.00. The molecule has 0 radical (unpaired) electrons. The molecule has 0 atom stereocenters. The minimum Gasteiger partial charge on any atom is -0.357 e. The van der Waals surface area contributed by atoms with Crippen LogP contribution in [0.15, 0.2) is 18.3 Å². The van der Waals surface area contributed by atoms with Gasteiger partial charge in [-0.25, -0.2) is 0 Å². The third-order valence-electron chi connectivity index (χ3n) is 1.88. The Hall–Kier alpha value is -1.25. The quantitative estimate of drug-likeness (QED) is 0.725. The van der Waals surface area contributed by atoms with E-state index in [-0.39, 0.29) is 5.91 Å². The van der Waals surface area contributed by atoms with Gasteiger partial charge < -0.3 is 9.88 Å². The smallest absolute Gasteiger partial charge is 0.270 e. The first kappa shape index (κ1) is 8.84. The summed E-state index contributed by atoms with van der Waals surface area (Å²) in [7, 11) is 0. The zero-order valence-electron chi connectivity index (χ0n) is 7.50. The normalized spacial score (nSPS) is 9.83. The van der Waals surface area contributed by atoms with Crippen molar-refractivity contribution >= 4 is 5.91 Å². The second-order valence-electron chi connectivity index (χ2n) is 2.56. The highest BCUT2D eigenvalue weighted by molar-refractivity contribution is 5.92. The van der Waals surface area contributed by atoms with Crippen LogP contribution in [-0.2, 0) is 0 Å². The van der Waals surface area contributed by atoms with Crippen molar-refractivity contribution in [3.63, 3.8) is 0 Å². The van der Waals surface area contributed by atoms with Gasteiger partial charge in [0.15, 0.2) is 0 Å². The van der Waals surface area contributed by atoms with Crippen molar-refractivity contribution < 1.29 is 4.79 Å². The standard InChI is InChI=1S/C9H14N2O/c1-3-11(4-2)9(12)8-6-5-7-10-8/h5-7,10H,3-4H2,1-2H3. The van der Waals surface area contributed by atoms with Gasteiger partial charge in [-0.15, -0.1) is 0 Å². The highest BCUT2D eigenvalue weighted by atomic mass is 16.2. The molecule has 0 aliphatic rings. The van der Waals surface area contributed by atoms with Gasteiger partial charge in [0.2, 0.25) is 0 Å². The van der Waals surface area contributed by atoms with Crippen molar-refractivity contribution in [2.24, 2.45) is 0 Å². The lowest BCUT2D eigenvalue weighted by molar-refractivity contribution is 0.0768. The van der Waals surface area contributed by atoms with Gasteiger partial charge in [-0.05, 0) is 26.0 Å². The molecule has 0 aliphatic carbocycles. The average Bonchev–Trinajstić information content (AvgIpc) is 2.58. The number of hydrogen-bond donors (Lipinski definition) is 1. The Kier molecular flexibility index (Phi) is 2.91. The van der Waals surface area contributed by atoms with Gasteiger partial charge in [-0.3, -0.25) is 4.79 Å². The van der Waals surface area contributed by atoms with E-state index in [2.05, 4.69) is 4.98 Å². The van der Waals surface area contributed by atoms with Crippen LogP contribution in [0.1, 0.15) is 24.3 Å². The summed E-state index contributed by atoms with van der Waals surface area (Å²) in [4.78, 5) is 16.2. The molecule has 0 aliphatic heterocycles. The maximum absolute atomic E-state index is 11.6. The highest BCUT2D eigenvalue weighted by Gasteiger charge is 2.11. The first-order chi connectivity index (χ1) is 5.79. The predicted octanol–water partition coefficient (Wildman–Crippen LogP) is 1.50. The molecular formula is C9H14N2O. The lowest BCUT2D eigenvalue weighted by Gasteiger charge is -2.17. The first-order valence-corrected chi connectivity index (χ1v) is 4.22. The van der Waals surface area contributed by atoms with Crippen molar-refractivity contribution in [3.05, 3.63) is 24.0 Å². The van der Waals surface area contributed by atoms with E-state index in [4.69, 9.17) is 0 Å². The lowest BCUT2D eigenvalue weighted by atomic mass is 10.3. The van der Waals surface area contributed by atoms with Crippen molar-refractivity contribution in [1.82, 2.24) is 9.88 Å². The molecule has 0 saturated heterocycles. The van der Waals surface area contributed by atoms with Crippen LogP contribution in [0.5, 0.6) is 0 Å². The molecule has 0 unspecified atom stereocenters. The minimum absolute atomic E-state index is 0.0741. The number of aromatic amines is 1. The summed E-state index contributed by atoms with van der Waals surface area (Å²) in [6.07, 6.45) is 1.76. The Labute approximate surface area is 72.4 Å². The Balaban J connectivity index is 2.70. The topological polar surface area (TPSA) is 36.1 Å². The number of amides is 1. The largest absolute Gasteiger partial charge is 0.357 e. The molecule has 0 aromatic carbocycles. The van der Waals surface area contributed by atoms with Crippen molar-refractivity contribution in [2.75, 3.05) is 13.1 Å². The fraction of sp³-hybridized carbons (Fsp3) is 0.444. The summed E-state index contributed by atoms with van der Waals surface area (Å²) < 4.78 is 0. The Morgan fingerprint density at radius 2 is 2.17 bits per heavy atom. The molecule has 1 aromatic rings. The molecule has 1 amide bonds. The molecule has 12 heavy (non-hydrogen) atoms. The molecule has 0 fully saturated rings. The zero-order chi connectivity index (χ0) is 8.97. The van der Waals surface area contributed by atoms with E-state index in [1.807, 2.05) is 19.9 Å². The van der Waals surface area contributed by atoms with Crippen LogP contribution in [0, 0.1) is 0 Å². The van der Waals surface area contributed by atoms with Crippen LogP contribution in [0.2, 0.25) is 0 Å². The van der Waals surface area contributed by atoms with Crippen LogP contribution >= 0.6 is 0 Å². The van der Waals surface area contributed by atoms with Gasteiger partial charge in [0, 0.05) is 19.3 Å². The van der Waals surface area contributed by atoms with Crippen LogP contribution in [0.25, 0.3) is 0 Å². The molecule has 3 heteroatoms. The molecule has 3 nitrogen and oxygen atoms in total. The summed E-state index contributed by atoms with van der Waals surface area (Å²) in [5.41, 5.74) is 0.665. The Bertz CT molecular complexity index is 237. The number of aromatic nitrogens is 1. The van der Waals surface area contributed by atoms with Gasteiger partial charge in [0.25, 0.3) is 5.91 Å². The van der Waals surface area contributed by atoms with E-state index in [9.17, 15) is 4.79 Å². The van der Waals surface area contributed by atoms with Gasteiger partial charge >= 0.3 is 0 Å². The number of hydrogen-bond acceptors (Lipinski definition) is 1. The van der Waals surface area contributed by atoms with E-state index in [1.54, 1.807) is 17.2 Å². The molecule has 1 aromatic heterocycles. The van der Waals surface area contributed by atoms with Gasteiger partial charge in [-0.2, -0.15) is 0 Å². The molecule has 0 bridgehead atoms. The summed E-state index contributed by atoms with van der Waals surface area (Å²) in [6.45, 7) is 5.47.